The van der Waals surface area contributed by atoms with Gasteiger partial charge in [-0.3, -0.25) is 4.79 Å². The lowest BCUT2D eigenvalue weighted by Crippen LogP contribution is -2.48. The maximum Gasteiger partial charge on any atom is 0.222 e. The number of piperazine rings is 1. The molecule has 1 saturated heterocycles. The number of aromatic nitrogens is 2. The van der Waals surface area contributed by atoms with Crippen LogP contribution < -0.4 is 9.64 Å². The molecule has 6 nitrogen and oxygen atoms in total. The third-order valence-electron chi connectivity index (χ3n) is 4.27. The highest BCUT2D eigenvalue weighted by molar-refractivity contribution is 5.76. The number of methoxy groups -OCH3 is 1. The smallest absolute Gasteiger partial charge is 0.222 e. The van der Waals surface area contributed by atoms with Crippen molar-refractivity contribution in [3.05, 3.63) is 36.4 Å². The van der Waals surface area contributed by atoms with Crippen LogP contribution in [0.5, 0.6) is 5.75 Å². The summed E-state index contributed by atoms with van der Waals surface area (Å²) in [5.74, 6) is 1.87. The quantitative estimate of drug-likeness (QED) is 0.862. The SMILES string of the molecule is CCC(=O)N1CCN(c2ccc(-c3cccc(OC)c3)nn2)CC1. The van der Waals surface area contributed by atoms with Crippen LogP contribution in [0.1, 0.15) is 13.3 Å². The highest BCUT2D eigenvalue weighted by atomic mass is 16.5. The van der Waals surface area contributed by atoms with Gasteiger partial charge in [0.2, 0.25) is 5.91 Å². The number of anilines is 1. The van der Waals surface area contributed by atoms with Gasteiger partial charge in [0.1, 0.15) is 5.75 Å². The average molecular weight is 326 g/mol. The molecule has 0 atom stereocenters. The highest BCUT2D eigenvalue weighted by Crippen LogP contribution is 2.23. The average Bonchev–Trinajstić information content (AvgIpc) is 2.67. The molecule has 0 spiro atoms. The van der Waals surface area contributed by atoms with E-state index in [0.29, 0.717) is 6.42 Å². The zero-order valence-electron chi connectivity index (χ0n) is 14.1. The van der Waals surface area contributed by atoms with Gasteiger partial charge in [-0.05, 0) is 24.3 Å². The molecule has 2 heterocycles. The maximum atomic E-state index is 11.7. The van der Waals surface area contributed by atoms with Crippen LogP contribution in [-0.2, 0) is 4.79 Å². The normalized spacial score (nSPS) is 14.6. The van der Waals surface area contributed by atoms with Gasteiger partial charge in [-0.1, -0.05) is 19.1 Å². The van der Waals surface area contributed by atoms with Gasteiger partial charge in [0.15, 0.2) is 5.82 Å². The number of amides is 1. The summed E-state index contributed by atoms with van der Waals surface area (Å²) in [6.45, 7) is 4.97. The van der Waals surface area contributed by atoms with Gasteiger partial charge in [0, 0.05) is 38.2 Å². The van der Waals surface area contributed by atoms with Gasteiger partial charge < -0.3 is 14.5 Å². The van der Waals surface area contributed by atoms with E-state index < -0.39 is 0 Å². The minimum Gasteiger partial charge on any atom is -0.497 e. The van der Waals surface area contributed by atoms with Crippen molar-refractivity contribution in [1.82, 2.24) is 15.1 Å². The minimum absolute atomic E-state index is 0.217. The fourth-order valence-electron chi connectivity index (χ4n) is 2.84. The van der Waals surface area contributed by atoms with E-state index in [1.165, 1.54) is 0 Å². The summed E-state index contributed by atoms with van der Waals surface area (Å²) in [7, 11) is 1.65. The summed E-state index contributed by atoms with van der Waals surface area (Å²) >= 11 is 0. The molecule has 1 aliphatic heterocycles. The van der Waals surface area contributed by atoms with Crippen LogP contribution in [0.4, 0.5) is 5.82 Å². The Hall–Kier alpha value is -2.63. The predicted molar refractivity (Wildman–Crippen MR) is 93.1 cm³/mol. The van der Waals surface area contributed by atoms with Crippen LogP contribution in [0, 0.1) is 0 Å². The third kappa shape index (κ3) is 3.48. The third-order valence-corrected chi connectivity index (χ3v) is 4.27. The van der Waals surface area contributed by atoms with E-state index in [0.717, 1.165) is 49.0 Å². The number of ether oxygens (including phenoxy) is 1. The summed E-state index contributed by atoms with van der Waals surface area (Å²) in [5, 5.41) is 8.70. The van der Waals surface area contributed by atoms with Crippen LogP contribution >= 0.6 is 0 Å². The van der Waals surface area contributed by atoms with Crippen LogP contribution in [0.3, 0.4) is 0 Å². The van der Waals surface area contributed by atoms with Crippen molar-refractivity contribution in [2.45, 2.75) is 13.3 Å². The Morgan fingerprint density at radius 3 is 2.54 bits per heavy atom. The monoisotopic (exact) mass is 326 g/mol. The summed E-state index contributed by atoms with van der Waals surface area (Å²) in [6.07, 6.45) is 0.565. The van der Waals surface area contributed by atoms with E-state index in [2.05, 4.69) is 15.1 Å². The molecule has 1 aliphatic rings. The highest BCUT2D eigenvalue weighted by Gasteiger charge is 2.21. The first-order valence-corrected chi connectivity index (χ1v) is 8.22. The Kier molecular flexibility index (Phi) is 4.93. The molecule has 1 amide bonds. The van der Waals surface area contributed by atoms with Crippen LogP contribution in [0.2, 0.25) is 0 Å². The first-order valence-electron chi connectivity index (χ1n) is 8.22. The molecule has 0 saturated carbocycles. The number of carbonyl (C=O) groups is 1. The zero-order valence-corrected chi connectivity index (χ0v) is 14.1. The lowest BCUT2D eigenvalue weighted by atomic mass is 10.1. The van der Waals surface area contributed by atoms with Crippen molar-refractivity contribution in [2.75, 3.05) is 38.2 Å². The Labute approximate surface area is 142 Å². The Morgan fingerprint density at radius 1 is 1.12 bits per heavy atom. The van der Waals surface area contributed by atoms with Gasteiger partial charge in [0.25, 0.3) is 0 Å². The number of hydrogen-bond acceptors (Lipinski definition) is 5. The number of carbonyl (C=O) groups excluding carboxylic acids is 1. The van der Waals surface area contributed by atoms with Gasteiger partial charge in [0.05, 0.1) is 12.8 Å². The van der Waals surface area contributed by atoms with Crippen LogP contribution in [0.15, 0.2) is 36.4 Å². The second kappa shape index (κ2) is 7.29. The largest absolute Gasteiger partial charge is 0.497 e. The number of nitrogens with zero attached hydrogens (tertiary/aromatic N) is 4. The lowest BCUT2D eigenvalue weighted by molar-refractivity contribution is -0.131. The van der Waals surface area contributed by atoms with Crippen LogP contribution in [0.25, 0.3) is 11.3 Å². The van der Waals surface area contributed by atoms with Gasteiger partial charge in [-0.15, -0.1) is 10.2 Å². The van der Waals surface area contributed by atoms with Gasteiger partial charge in [-0.2, -0.15) is 0 Å². The second-order valence-electron chi connectivity index (χ2n) is 5.73. The van der Waals surface area contributed by atoms with E-state index in [1.807, 2.05) is 48.2 Å². The van der Waals surface area contributed by atoms with E-state index in [4.69, 9.17) is 4.74 Å². The molecule has 0 radical (unpaired) electrons. The number of hydrogen-bond donors (Lipinski definition) is 0. The Morgan fingerprint density at radius 2 is 1.92 bits per heavy atom. The fraction of sp³-hybridized carbons (Fsp3) is 0.389. The first kappa shape index (κ1) is 16.2. The molecule has 126 valence electrons. The molecule has 6 heteroatoms. The topological polar surface area (TPSA) is 58.6 Å². The second-order valence-corrected chi connectivity index (χ2v) is 5.73. The van der Waals surface area contributed by atoms with Crippen molar-refractivity contribution in [3.8, 4) is 17.0 Å². The van der Waals surface area contributed by atoms with E-state index in [1.54, 1.807) is 7.11 Å². The van der Waals surface area contributed by atoms with E-state index in [9.17, 15) is 4.79 Å². The molecule has 1 fully saturated rings. The molecule has 0 aliphatic carbocycles. The van der Waals surface area contributed by atoms with Gasteiger partial charge in [-0.25, -0.2) is 0 Å². The number of benzene rings is 1. The number of rotatable bonds is 4. The molecular formula is C18H22N4O2. The van der Waals surface area contributed by atoms with Crippen molar-refractivity contribution in [3.63, 3.8) is 0 Å². The first-order chi connectivity index (χ1) is 11.7. The molecule has 3 rings (SSSR count). The fourth-order valence-corrected chi connectivity index (χ4v) is 2.84. The molecule has 2 aromatic rings. The standard InChI is InChI=1S/C18H22N4O2/c1-3-18(23)22-11-9-21(10-12-22)17-8-7-16(19-20-17)14-5-4-6-15(13-14)24-2/h4-8,13H,3,9-12H2,1-2H3. The van der Waals surface area contributed by atoms with Crippen molar-refractivity contribution < 1.29 is 9.53 Å². The van der Waals surface area contributed by atoms with E-state index in [-0.39, 0.29) is 5.91 Å². The summed E-state index contributed by atoms with van der Waals surface area (Å²) < 4.78 is 5.25. The molecule has 0 bridgehead atoms. The molecule has 24 heavy (non-hydrogen) atoms. The molecular weight excluding hydrogens is 304 g/mol. The summed E-state index contributed by atoms with van der Waals surface area (Å²) in [5.41, 5.74) is 1.80. The minimum atomic E-state index is 0.217. The molecule has 0 N–H and O–H groups in total. The van der Waals surface area contributed by atoms with Crippen molar-refractivity contribution in [1.29, 1.82) is 0 Å². The van der Waals surface area contributed by atoms with Gasteiger partial charge >= 0.3 is 0 Å². The zero-order chi connectivity index (χ0) is 16.9. The lowest BCUT2D eigenvalue weighted by Gasteiger charge is -2.35. The van der Waals surface area contributed by atoms with E-state index >= 15 is 0 Å². The predicted octanol–water partition coefficient (Wildman–Crippen LogP) is 2.21. The molecule has 0 unspecified atom stereocenters. The Balaban J connectivity index is 1.68. The van der Waals surface area contributed by atoms with Crippen molar-refractivity contribution >= 4 is 11.7 Å². The maximum absolute atomic E-state index is 11.7. The Bertz CT molecular complexity index is 694. The molecule has 1 aromatic heterocycles. The summed E-state index contributed by atoms with van der Waals surface area (Å²) in [4.78, 5) is 15.8. The summed E-state index contributed by atoms with van der Waals surface area (Å²) in [6, 6.07) is 11.7. The van der Waals surface area contributed by atoms with Crippen LogP contribution in [-0.4, -0.2) is 54.3 Å². The molecule has 1 aromatic carbocycles. The van der Waals surface area contributed by atoms with Crippen molar-refractivity contribution in [2.24, 2.45) is 0 Å².